The second kappa shape index (κ2) is 4.86. The van der Waals surface area contributed by atoms with Crippen LogP contribution in [-0.4, -0.2) is 59.8 Å². The number of methoxy groups -OCH3 is 1. The van der Waals surface area contributed by atoms with Gasteiger partial charge < -0.3 is 14.4 Å². The normalized spacial score (nSPS) is 29.6. The van der Waals surface area contributed by atoms with Gasteiger partial charge in [-0.25, -0.2) is 4.98 Å². The van der Waals surface area contributed by atoms with Crippen LogP contribution >= 0.6 is 0 Å². The van der Waals surface area contributed by atoms with Crippen molar-refractivity contribution in [3.8, 4) is 0 Å². The maximum atomic E-state index is 12.5. The highest BCUT2D eigenvalue weighted by Gasteiger charge is 2.47. The van der Waals surface area contributed by atoms with Crippen LogP contribution in [0.1, 0.15) is 16.2 Å². The molecule has 0 spiro atoms. The number of aromatic nitrogens is 2. The molecule has 2 saturated heterocycles. The number of nitrogens with zero attached hydrogens (tertiary/aromatic N) is 3. The molecule has 3 atom stereocenters. The topological polar surface area (TPSA) is 64.5 Å². The van der Waals surface area contributed by atoms with E-state index in [4.69, 9.17) is 9.47 Å². The van der Waals surface area contributed by atoms with E-state index >= 15 is 0 Å². The molecule has 3 rings (SSSR count). The fourth-order valence-electron chi connectivity index (χ4n) is 2.83. The van der Waals surface area contributed by atoms with E-state index in [1.807, 2.05) is 11.8 Å². The van der Waals surface area contributed by atoms with Crippen LogP contribution in [0.5, 0.6) is 0 Å². The molecule has 0 N–H and O–H groups in total. The molecule has 0 unspecified atom stereocenters. The molecule has 0 bridgehead atoms. The van der Waals surface area contributed by atoms with E-state index < -0.39 is 0 Å². The van der Waals surface area contributed by atoms with Gasteiger partial charge in [-0.3, -0.25) is 9.78 Å². The van der Waals surface area contributed by atoms with Crippen molar-refractivity contribution in [3.63, 3.8) is 0 Å². The number of likely N-dealkylation sites (tertiary alicyclic amines) is 1. The minimum atomic E-state index is -0.0902. The van der Waals surface area contributed by atoms with Crippen molar-refractivity contribution in [2.24, 2.45) is 5.92 Å². The number of ether oxygens (including phenoxy) is 2. The van der Waals surface area contributed by atoms with E-state index in [0.717, 1.165) is 5.69 Å². The molecule has 2 aliphatic heterocycles. The van der Waals surface area contributed by atoms with Crippen molar-refractivity contribution in [1.29, 1.82) is 0 Å². The molecule has 6 heteroatoms. The predicted octanol–water partition coefficient (Wildman–Crippen LogP) is 0.271. The van der Waals surface area contributed by atoms with Gasteiger partial charge in [0.1, 0.15) is 5.69 Å². The quantitative estimate of drug-likeness (QED) is 0.766. The Morgan fingerprint density at radius 3 is 2.95 bits per heavy atom. The summed E-state index contributed by atoms with van der Waals surface area (Å²) in [7, 11) is 1.68. The molecular weight excluding hydrogens is 246 g/mol. The number of carbonyl (C=O) groups excluding carboxylic acids is 1. The molecule has 0 saturated carbocycles. The largest absolute Gasteiger partial charge is 0.379 e. The van der Waals surface area contributed by atoms with Crippen molar-refractivity contribution in [1.82, 2.24) is 14.9 Å². The average molecular weight is 263 g/mol. The van der Waals surface area contributed by atoms with Crippen molar-refractivity contribution in [2.75, 3.05) is 26.9 Å². The lowest BCUT2D eigenvalue weighted by Crippen LogP contribution is -2.38. The standard InChI is InChI=1S/C13H17N3O3/c1-8-3-15-10(4-14-8)13(17)16-5-12(18-2)9-6-19-7-11(9)16/h3-4,9,11-12H,5-7H2,1-2H3/t9-,11+,12-/m1/s1. The third-order valence-corrected chi connectivity index (χ3v) is 3.91. The van der Waals surface area contributed by atoms with Gasteiger partial charge in [0.05, 0.1) is 37.3 Å². The van der Waals surface area contributed by atoms with Crippen LogP contribution in [0.25, 0.3) is 0 Å². The summed E-state index contributed by atoms with van der Waals surface area (Å²) in [6.07, 6.45) is 3.19. The van der Waals surface area contributed by atoms with E-state index in [0.29, 0.717) is 25.5 Å². The molecule has 6 nitrogen and oxygen atoms in total. The summed E-state index contributed by atoms with van der Waals surface area (Å²) in [6.45, 7) is 3.69. The van der Waals surface area contributed by atoms with E-state index in [1.165, 1.54) is 6.20 Å². The Balaban J connectivity index is 1.82. The minimum absolute atomic E-state index is 0.0508. The summed E-state index contributed by atoms with van der Waals surface area (Å²) in [5.41, 5.74) is 1.18. The Hall–Kier alpha value is -1.53. The first-order chi connectivity index (χ1) is 9.20. The maximum Gasteiger partial charge on any atom is 0.274 e. The van der Waals surface area contributed by atoms with Crippen molar-refractivity contribution < 1.29 is 14.3 Å². The van der Waals surface area contributed by atoms with Gasteiger partial charge in [0.2, 0.25) is 0 Å². The van der Waals surface area contributed by atoms with Crippen LogP contribution in [0.3, 0.4) is 0 Å². The third kappa shape index (κ3) is 2.11. The zero-order valence-corrected chi connectivity index (χ0v) is 11.1. The van der Waals surface area contributed by atoms with Crippen LogP contribution in [0.2, 0.25) is 0 Å². The Morgan fingerprint density at radius 1 is 1.42 bits per heavy atom. The molecule has 19 heavy (non-hydrogen) atoms. The third-order valence-electron chi connectivity index (χ3n) is 3.91. The fourth-order valence-corrected chi connectivity index (χ4v) is 2.83. The first kappa shape index (κ1) is 12.5. The summed E-state index contributed by atoms with van der Waals surface area (Å²) in [6, 6.07) is 0.0977. The van der Waals surface area contributed by atoms with E-state index in [-0.39, 0.29) is 24.0 Å². The van der Waals surface area contributed by atoms with Crippen molar-refractivity contribution in [3.05, 3.63) is 23.8 Å². The van der Waals surface area contributed by atoms with Crippen LogP contribution in [-0.2, 0) is 9.47 Å². The fraction of sp³-hybridized carbons (Fsp3) is 0.615. The lowest BCUT2D eigenvalue weighted by atomic mass is 10.0. The summed E-state index contributed by atoms with van der Waals surface area (Å²) in [5.74, 6) is 0.180. The summed E-state index contributed by atoms with van der Waals surface area (Å²) in [5, 5.41) is 0. The molecule has 1 amide bonds. The van der Waals surface area contributed by atoms with E-state index in [9.17, 15) is 4.79 Å². The highest BCUT2D eigenvalue weighted by molar-refractivity contribution is 5.92. The second-order valence-corrected chi connectivity index (χ2v) is 5.04. The van der Waals surface area contributed by atoms with Gasteiger partial charge in [-0.15, -0.1) is 0 Å². The maximum absolute atomic E-state index is 12.5. The van der Waals surface area contributed by atoms with Crippen LogP contribution in [0.15, 0.2) is 12.4 Å². The van der Waals surface area contributed by atoms with Crippen molar-refractivity contribution in [2.45, 2.75) is 19.1 Å². The molecule has 1 aromatic heterocycles. The Kier molecular flexibility index (Phi) is 3.20. The molecule has 0 aromatic carbocycles. The predicted molar refractivity (Wildman–Crippen MR) is 66.7 cm³/mol. The van der Waals surface area contributed by atoms with Crippen LogP contribution < -0.4 is 0 Å². The number of amides is 1. The lowest BCUT2D eigenvalue weighted by molar-refractivity contribution is 0.0477. The molecule has 102 valence electrons. The van der Waals surface area contributed by atoms with Gasteiger partial charge in [0.15, 0.2) is 0 Å². The van der Waals surface area contributed by atoms with Crippen molar-refractivity contribution >= 4 is 5.91 Å². The lowest BCUT2D eigenvalue weighted by Gasteiger charge is -2.21. The minimum Gasteiger partial charge on any atom is -0.379 e. The Morgan fingerprint density at radius 2 is 2.26 bits per heavy atom. The number of fused-ring (bicyclic) bond motifs is 1. The smallest absolute Gasteiger partial charge is 0.274 e. The summed E-state index contributed by atoms with van der Waals surface area (Å²) in [4.78, 5) is 22.6. The molecule has 1 aromatic rings. The molecule has 0 radical (unpaired) electrons. The van der Waals surface area contributed by atoms with E-state index in [2.05, 4.69) is 9.97 Å². The number of carbonyl (C=O) groups is 1. The first-order valence-corrected chi connectivity index (χ1v) is 6.41. The first-order valence-electron chi connectivity index (χ1n) is 6.41. The van der Waals surface area contributed by atoms with Crippen LogP contribution in [0.4, 0.5) is 0 Å². The molecule has 0 aliphatic carbocycles. The molecule has 2 fully saturated rings. The molecular formula is C13H17N3O3. The number of aryl methyl sites for hydroxylation is 1. The SMILES string of the molecule is CO[C@@H]1CN(C(=O)c2cnc(C)cn2)[C@H]2COC[C@@H]12. The molecule has 3 heterocycles. The molecule has 2 aliphatic rings. The highest BCUT2D eigenvalue weighted by atomic mass is 16.5. The number of hydrogen-bond acceptors (Lipinski definition) is 5. The van der Waals surface area contributed by atoms with Gasteiger partial charge in [0, 0.05) is 25.8 Å². The summed E-state index contributed by atoms with van der Waals surface area (Å²) < 4.78 is 10.9. The van der Waals surface area contributed by atoms with Gasteiger partial charge >= 0.3 is 0 Å². The van der Waals surface area contributed by atoms with Gasteiger partial charge in [-0.2, -0.15) is 0 Å². The Labute approximate surface area is 111 Å². The zero-order chi connectivity index (χ0) is 13.4. The van der Waals surface area contributed by atoms with Gasteiger partial charge in [0.25, 0.3) is 5.91 Å². The van der Waals surface area contributed by atoms with Gasteiger partial charge in [-0.05, 0) is 6.92 Å². The number of rotatable bonds is 2. The van der Waals surface area contributed by atoms with E-state index in [1.54, 1.807) is 13.3 Å². The van der Waals surface area contributed by atoms with Gasteiger partial charge in [-0.1, -0.05) is 0 Å². The summed E-state index contributed by atoms with van der Waals surface area (Å²) >= 11 is 0. The monoisotopic (exact) mass is 263 g/mol. The second-order valence-electron chi connectivity index (χ2n) is 5.04. The highest BCUT2D eigenvalue weighted by Crippen LogP contribution is 2.32. The number of hydrogen-bond donors (Lipinski definition) is 0. The Bertz CT molecular complexity index is 477. The zero-order valence-electron chi connectivity index (χ0n) is 11.1. The van der Waals surface area contributed by atoms with Crippen LogP contribution in [0, 0.1) is 12.8 Å². The average Bonchev–Trinajstić information content (AvgIpc) is 3.00.